The highest BCUT2D eigenvalue weighted by molar-refractivity contribution is 5.82. The molecule has 1 fully saturated rings. The van der Waals surface area contributed by atoms with Crippen molar-refractivity contribution in [3.8, 4) is 0 Å². The minimum Gasteiger partial charge on any atom is -0.368 e. The van der Waals surface area contributed by atoms with Crippen LogP contribution in [0.15, 0.2) is 36.7 Å². The number of piperazine rings is 1. The average molecular weight is 345 g/mol. The standard InChI is InChI=1S/C18H24FN5O/c1-21(2)18(25)17-13-23(16-6-4-15(19)5-7-16)8-9-24(17)12-14-10-20-22(3)11-14/h4-7,10-11,17H,8-9,12-13H2,1-3H3. The fourth-order valence-electron chi connectivity index (χ4n) is 3.22. The lowest BCUT2D eigenvalue weighted by molar-refractivity contribution is -0.134. The second kappa shape index (κ2) is 7.23. The molecule has 25 heavy (non-hydrogen) atoms. The van der Waals surface area contributed by atoms with E-state index in [9.17, 15) is 9.18 Å². The van der Waals surface area contributed by atoms with Crippen molar-refractivity contribution >= 4 is 11.6 Å². The molecule has 1 aliphatic rings. The molecule has 1 unspecified atom stereocenters. The van der Waals surface area contributed by atoms with Crippen LogP contribution >= 0.6 is 0 Å². The van der Waals surface area contributed by atoms with Gasteiger partial charge in [-0.05, 0) is 24.3 Å². The third-order valence-electron chi connectivity index (χ3n) is 4.55. The number of hydrogen-bond donors (Lipinski definition) is 0. The molecule has 0 bridgehead atoms. The number of aromatic nitrogens is 2. The van der Waals surface area contributed by atoms with Crippen LogP contribution in [-0.4, -0.2) is 65.3 Å². The van der Waals surface area contributed by atoms with Crippen LogP contribution in [0.1, 0.15) is 5.56 Å². The average Bonchev–Trinajstić information content (AvgIpc) is 3.00. The topological polar surface area (TPSA) is 44.6 Å². The number of amides is 1. The fraction of sp³-hybridized carbons (Fsp3) is 0.444. The van der Waals surface area contributed by atoms with Crippen molar-refractivity contribution < 1.29 is 9.18 Å². The Morgan fingerprint density at radius 3 is 2.60 bits per heavy atom. The molecule has 2 heterocycles. The molecular weight excluding hydrogens is 321 g/mol. The second-order valence-electron chi connectivity index (χ2n) is 6.66. The number of halogens is 1. The zero-order valence-corrected chi connectivity index (χ0v) is 14.9. The normalized spacial score (nSPS) is 18.4. The van der Waals surface area contributed by atoms with Gasteiger partial charge in [-0.2, -0.15) is 5.10 Å². The van der Waals surface area contributed by atoms with Gasteiger partial charge in [0.25, 0.3) is 0 Å². The van der Waals surface area contributed by atoms with E-state index in [1.54, 1.807) is 35.8 Å². The smallest absolute Gasteiger partial charge is 0.241 e. The molecule has 1 aliphatic heterocycles. The van der Waals surface area contributed by atoms with Gasteiger partial charge in [0.1, 0.15) is 11.9 Å². The minimum atomic E-state index is -0.250. The van der Waals surface area contributed by atoms with Gasteiger partial charge in [-0.15, -0.1) is 0 Å². The second-order valence-corrected chi connectivity index (χ2v) is 6.66. The molecule has 0 spiro atoms. The van der Waals surface area contributed by atoms with Gasteiger partial charge in [-0.25, -0.2) is 4.39 Å². The first-order valence-electron chi connectivity index (χ1n) is 8.37. The first kappa shape index (κ1) is 17.4. The van der Waals surface area contributed by atoms with Gasteiger partial charge in [0.05, 0.1) is 6.20 Å². The lowest BCUT2D eigenvalue weighted by atomic mass is 10.1. The summed E-state index contributed by atoms with van der Waals surface area (Å²) in [7, 11) is 5.45. The van der Waals surface area contributed by atoms with Crippen molar-refractivity contribution in [2.75, 3.05) is 38.6 Å². The highest BCUT2D eigenvalue weighted by Crippen LogP contribution is 2.22. The van der Waals surface area contributed by atoms with E-state index in [0.717, 1.165) is 24.3 Å². The Bertz CT molecular complexity index is 727. The number of nitrogens with zero attached hydrogens (tertiary/aromatic N) is 5. The van der Waals surface area contributed by atoms with Gasteiger partial charge in [-0.3, -0.25) is 14.4 Å². The SMILES string of the molecule is CN(C)C(=O)C1CN(c2ccc(F)cc2)CCN1Cc1cnn(C)c1. The van der Waals surface area contributed by atoms with Crippen LogP contribution in [0, 0.1) is 5.82 Å². The Morgan fingerprint density at radius 1 is 1.28 bits per heavy atom. The Labute approximate surface area is 147 Å². The predicted octanol–water partition coefficient (Wildman–Crippen LogP) is 1.34. The van der Waals surface area contributed by atoms with Gasteiger partial charge in [0.15, 0.2) is 0 Å². The Morgan fingerprint density at radius 2 is 2.00 bits per heavy atom. The number of benzene rings is 1. The molecule has 3 rings (SSSR count). The predicted molar refractivity (Wildman–Crippen MR) is 94.7 cm³/mol. The van der Waals surface area contributed by atoms with Crippen molar-refractivity contribution in [2.24, 2.45) is 7.05 Å². The molecule has 1 saturated heterocycles. The van der Waals surface area contributed by atoms with Crippen molar-refractivity contribution in [1.29, 1.82) is 0 Å². The van der Waals surface area contributed by atoms with Crippen LogP contribution < -0.4 is 4.90 Å². The largest absolute Gasteiger partial charge is 0.368 e. The number of hydrogen-bond acceptors (Lipinski definition) is 4. The van der Waals surface area contributed by atoms with Crippen LogP contribution in [0.25, 0.3) is 0 Å². The molecule has 0 radical (unpaired) electrons. The fourth-order valence-corrected chi connectivity index (χ4v) is 3.22. The summed E-state index contributed by atoms with van der Waals surface area (Å²) in [5.41, 5.74) is 2.04. The van der Waals surface area contributed by atoms with Crippen LogP contribution in [0.3, 0.4) is 0 Å². The first-order chi connectivity index (χ1) is 11.9. The van der Waals surface area contributed by atoms with E-state index in [4.69, 9.17) is 0 Å². The van der Waals surface area contributed by atoms with E-state index in [1.165, 1.54) is 12.1 Å². The molecule has 134 valence electrons. The Kier molecular flexibility index (Phi) is 5.03. The van der Waals surface area contributed by atoms with Gasteiger partial charge in [-0.1, -0.05) is 0 Å². The summed E-state index contributed by atoms with van der Waals surface area (Å²) < 4.78 is 14.9. The van der Waals surface area contributed by atoms with E-state index in [-0.39, 0.29) is 17.8 Å². The van der Waals surface area contributed by atoms with Gasteiger partial charge in [0.2, 0.25) is 5.91 Å². The van der Waals surface area contributed by atoms with Gasteiger partial charge < -0.3 is 9.80 Å². The molecule has 1 aromatic heterocycles. The summed E-state index contributed by atoms with van der Waals surface area (Å²) in [5.74, 6) is -0.171. The lowest BCUT2D eigenvalue weighted by Crippen LogP contribution is -2.58. The lowest BCUT2D eigenvalue weighted by Gasteiger charge is -2.42. The minimum absolute atomic E-state index is 0.0794. The van der Waals surface area contributed by atoms with Crippen LogP contribution in [0.4, 0.5) is 10.1 Å². The first-order valence-corrected chi connectivity index (χ1v) is 8.37. The van der Waals surface area contributed by atoms with E-state index in [2.05, 4.69) is 14.9 Å². The summed E-state index contributed by atoms with van der Waals surface area (Å²) in [6, 6.07) is 6.21. The van der Waals surface area contributed by atoms with Gasteiger partial charge in [0, 0.05) is 64.8 Å². The number of anilines is 1. The van der Waals surface area contributed by atoms with Gasteiger partial charge >= 0.3 is 0 Å². The van der Waals surface area contributed by atoms with Crippen LogP contribution in [-0.2, 0) is 18.4 Å². The molecule has 1 aromatic carbocycles. The summed E-state index contributed by atoms with van der Waals surface area (Å²) in [4.78, 5) is 18.7. The third kappa shape index (κ3) is 3.99. The van der Waals surface area contributed by atoms with Crippen molar-refractivity contribution in [2.45, 2.75) is 12.6 Å². The molecule has 2 aromatic rings. The number of aryl methyl sites for hydroxylation is 1. The number of carbonyl (C=O) groups excluding carboxylic acids is 1. The molecule has 1 atom stereocenters. The summed E-state index contributed by atoms with van der Waals surface area (Å²) in [6.45, 7) is 2.83. The van der Waals surface area contributed by atoms with Crippen molar-refractivity contribution in [3.05, 3.63) is 48.0 Å². The summed E-state index contributed by atoms with van der Waals surface area (Å²) in [6.07, 6.45) is 3.81. The number of carbonyl (C=O) groups is 1. The van der Waals surface area contributed by atoms with Crippen LogP contribution in [0.5, 0.6) is 0 Å². The maximum Gasteiger partial charge on any atom is 0.241 e. The van der Waals surface area contributed by atoms with Crippen molar-refractivity contribution in [1.82, 2.24) is 19.6 Å². The van der Waals surface area contributed by atoms with E-state index < -0.39 is 0 Å². The van der Waals surface area contributed by atoms with Crippen LogP contribution in [0.2, 0.25) is 0 Å². The quantitative estimate of drug-likeness (QED) is 0.839. The Hall–Kier alpha value is -2.41. The maximum absolute atomic E-state index is 13.2. The summed E-state index contributed by atoms with van der Waals surface area (Å²) >= 11 is 0. The summed E-state index contributed by atoms with van der Waals surface area (Å²) in [5, 5.41) is 4.21. The molecule has 0 saturated carbocycles. The third-order valence-corrected chi connectivity index (χ3v) is 4.55. The highest BCUT2D eigenvalue weighted by Gasteiger charge is 2.33. The zero-order chi connectivity index (χ0) is 18.0. The zero-order valence-electron chi connectivity index (χ0n) is 14.9. The van der Waals surface area contributed by atoms with E-state index >= 15 is 0 Å². The number of likely N-dealkylation sites (N-methyl/N-ethyl adjacent to an activating group) is 1. The van der Waals surface area contributed by atoms with E-state index in [1.807, 2.05) is 19.4 Å². The molecule has 0 N–H and O–H groups in total. The maximum atomic E-state index is 13.2. The Balaban J connectivity index is 1.78. The van der Waals surface area contributed by atoms with Crippen molar-refractivity contribution in [3.63, 3.8) is 0 Å². The number of rotatable bonds is 4. The molecule has 7 heteroatoms. The monoisotopic (exact) mass is 345 g/mol. The molecule has 1 amide bonds. The molecule has 0 aliphatic carbocycles. The molecular formula is C18H24FN5O. The highest BCUT2D eigenvalue weighted by atomic mass is 19.1. The molecule has 6 nitrogen and oxygen atoms in total. The van der Waals surface area contributed by atoms with E-state index in [0.29, 0.717) is 13.1 Å².